The number of benzene rings is 3. The van der Waals surface area contributed by atoms with Crippen molar-refractivity contribution in [3.8, 4) is 5.69 Å². The van der Waals surface area contributed by atoms with E-state index in [-0.39, 0.29) is 16.8 Å². The Morgan fingerprint density at radius 1 is 0.929 bits per heavy atom. The molecule has 140 valence electrons. The lowest BCUT2D eigenvalue weighted by molar-refractivity contribution is 0.606. The van der Waals surface area contributed by atoms with Gasteiger partial charge in [0.05, 0.1) is 16.6 Å². The molecule has 1 aromatic heterocycles. The van der Waals surface area contributed by atoms with E-state index in [1.807, 2.05) is 31.2 Å². The third-order valence-electron chi connectivity index (χ3n) is 4.83. The fourth-order valence-corrected chi connectivity index (χ4v) is 3.38. The second kappa shape index (κ2) is 7.35. The highest BCUT2D eigenvalue weighted by Gasteiger charge is 2.15. The van der Waals surface area contributed by atoms with Gasteiger partial charge in [-0.1, -0.05) is 36.4 Å². The third kappa shape index (κ3) is 3.31. The van der Waals surface area contributed by atoms with Gasteiger partial charge in [0.15, 0.2) is 0 Å². The maximum atomic E-state index is 14.0. The van der Waals surface area contributed by atoms with Gasteiger partial charge in [-0.2, -0.15) is 0 Å². The summed E-state index contributed by atoms with van der Waals surface area (Å²) < 4.78 is 29.3. The van der Waals surface area contributed by atoms with Gasteiger partial charge in [0.2, 0.25) is 0 Å². The quantitative estimate of drug-likeness (QED) is 0.515. The molecule has 0 aliphatic carbocycles. The predicted molar refractivity (Wildman–Crippen MR) is 106 cm³/mol. The van der Waals surface area contributed by atoms with Crippen molar-refractivity contribution in [1.82, 2.24) is 9.55 Å². The molecule has 0 amide bonds. The second-order valence-corrected chi connectivity index (χ2v) is 6.71. The molecule has 0 saturated carbocycles. The Kier molecular flexibility index (Phi) is 4.74. The summed E-state index contributed by atoms with van der Waals surface area (Å²) in [6.45, 7) is 1.90. The van der Waals surface area contributed by atoms with Crippen molar-refractivity contribution in [2.75, 3.05) is 0 Å². The third-order valence-corrected chi connectivity index (χ3v) is 4.83. The molecule has 0 N–H and O–H groups in total. The normalized spacial score (nSPS) is 11.1. The molecule has 0 unspecified atom stereocenters. The first kappa shape index (κ1) is 18.0. The van der Waals surface area contributed by atoms with Crippen LogP contribution in [0.15, 0.2) is 71.5 Å². The zero-order valence-electron chi connectivity index (χ0n) is 15.3. The first-order chi connectivity index (χ1) is 13.5. The zero-order chi connectivity index (χ0) is 19.7. The molecule has 3 aromatic carbocycles. The standard InChI is InChI=1S/C23H18F2N2O/c1-15-6-2-5-9-21(15)27-22(13-10-16-7-3-4-8-19(16)25)26-20-12-11-17(24)14-18(20)23(27)28/h2-9,11-12,14H,10,13H2,1H3. The molecule has 0 spiro atoms. The van der Waals surface area contributed by atoms with E-state index in [2.05, 4.69) is 4.98 Å². The Bertz CT molecular complexity index is 1230. The number of aromatic nitrogens is 2. The predicted octanol–water partition coefficient (Wildman–Crippen LogP) is 4.76. The molecule has 1 heterocycles. The van der Waals surface area contributed by atoms with E-state index in [1.165, 1.54) is 28.8 Å². The number of hydrogen-bond acceptors (Lipinski definition) is 2. The molecule has 28 heavy (non-hydrogen) atoms. The van der Waals surface area contributed by atoms with Crippen LogP contribution in [-0.2, 0) is 12.8 Å². The van der Waals surface area contributed by atoms with Gasteiger partial charge in [0, 0.05) is 6.42 Å². The summed E-state index contributed by atoms with van der Waals surface area (Å²) in [4.78, 5) is 17.8. The van der Waals surface area contributed by atoms with Crippen molar-refractivity contribution < 1.29 is 8.78 Å². The van der Waals surface area contributed by atoms with Gasteiger partial charge in [-0.05, 0) is 54.8 Å². The van der Waals surface area contributed by atoms with E-state index in [4.69, 9.17) is 0 Å². The summed E-state index contributed by atoms with van der Waals surface area (Å²) in [6.07, 6.45) is 0.773. The average Bonchev–Trinajstić information content (AvgIpc) is 2.69. The number of para-hydroxylation sites is 1. The van der Waals surface area contributed by atoms with E-state index in [9.17, 15) is 13.6 Å². The molecule has 0 atom stereocenters. The van der Waals surface area contributed by atoms with Crippen molar-refractivity contribution >= 4 is 10.9 Å². The van der Waals surface area contributed by atoms with E-state index < -0.39 is 5.82 Å². The van der Waals surface area contributed by atoms with Crippen LogP contribution in [0.1, 0.15) is 17.0 Å². The van der Waals surface area contributed by atoms with Crippen LogP contribution in [0.5, 0.6) is 0 Å². The van der Waals surface area contributed by atoms with Gasteiger partial charge in [-0.25, -0.2) is 13.8 Å². The molecule has 3 nitrogen and oxygen atoms in total. The molecule has 0 aliphatic heterocycles. The van der Waals surface area contributed by atoms with Crippen LogP contribution in [0, 0.1) is 18.6 Å². The molecular weight excluding hydrogens is 358 g/mol. The monoisotopic (exact) mass is 376 g/mol. The van der Waals surface area contributed by atoms with E-state index in [0.717, 1.165) is 5.56 Å². The molecule has 4 aromatic rings. The summed E-state index contributed by atoms with van der Waals surface area (Å²) in [5, 5.41) is 0.220. The zero-order valence-corrected chi connectivity index (χ0v) is 15.3. The molecule has 0 aliphatic rings. The molecule has 0 bridgehead atoms. The van der Waals surface area contributed by atoms with Gasteiger partial charge in [-0.3, -0.25) is 9.36 Å². The summed E-state index contributed by atoms with van der Waals surface area (Å²) >= 11 is 0. The maximum Gasteiger partial charge on any atom is 0.266 e. The summed E-state index contributed by atoms with van der Waals surface area (Å²) in [5.41, 5.74) is 2.25. The van der Waals surface area contributed by atoms with Crippen LogP contribution in [0.4, 0.5) is 8.78 Å². The van der Waals surface area contributed by atoms with E-state index >= 15 is 0 Å². The Balaban J connectivity index is 1.90. The van der Waals surface area contributed by atoms with Crippen molar-refractivity contribution in [3.05, 3.63) is 106 Å². The van der Waals surface area contributed by atoms with Crippen molar-refractivity contribution in [2.24, 2.45) is 0 Å². The molecule has 0 radical (unpaired) electrons. The summed E-state index contributed by atoms with van der Waals surface area (Å²) in [6, 6.07) is 18.0. The van der Waals surface area contributed by atoms with Crippen LogP contribution in [-0.4, -0.2) is 9.55 Å². The molecule has 4 rings (SSSR count). The Morgan fingerprint density at radius 2 is 1.68 bits per heavy atom. The number of hydrogen-bond donors (Lipinski definition) is 0. The minimum Gasteiger partial charge on any atom is -0.268 e. The number of aryl methyl sites for hydroxylation is 3. The number of rotatable bonds is 4. The number of halogens is 2. The molecule has 5 heteroatoms. The first-order valence-electron chi connectivity index (χ1n) is 9.05. The fraction of sp³-hybridized carbons (Fsp3) is 0.130. The smallest absolute Gasteiger partial charge is 0.266 e. The fourth-order valence-electron chi connectivity index (χ4n) is 3.38. The minimum absolute atomic E-state index is 0.220. The lowest BCUT2D eigenvalue weighted by Crippen LogP contribution is -2.25. The highest BCUT2D eigenvalue weighted by atomic mass is 19.1. The maximum absolute atomic E-state index is 14.0. The lowest BCUT2D eigenvalue weighted by atomic mass is 10.1. The lowest BCUT2D eigenvalue weighted by Gasteiger charge is -2.16. The number of nitrogens with zero attached hydrogens (tertiary/aromatic N) is 2. The second-order valence-electron chi connectivity index (χ2n) is 6.71. The van der Waals surface area contributed by atoms with E-state index in [1.54, 1.807) is 18.2 Å². The minimum atomic E-state index is -0.484. The molecule has 0 fully saturated rings. The largest absolute Gasteiger partial charge is 0.268 e. The summed E-state index contributed by atoms with van der Waals surface area (Å²) in [5.74, 6) is -0.251. The van der Waals surface area contributed by atoms with E-state index in [0.29, 0.717) is 35.4 Å². The first-order valence-corrected chi connectivity index (χ1v) is 9.05. The van der Waals surface area contributed by atoms with Gasteiger partial charge >= 0.3 is 0 Å². The van der Waals surface area contributed by atoms with Crippen molar-refractivity contribution in [2.45, 2.75) is 19.8 Å². The highest BCUT2D eigenvalue weighted by molar-refractivity contribution is 5.78. The average molecular weight is 376 g/mol. The summed E-state index contributed by atoms with van der Waals surface area (Å²) in [7, 11) is 0. The molecule has 0 saturated heterocycles. The van der Waals surface area contributed by atoms with Crippen LogP contribution < -0.4 is 5.56 Å². The van der Waals surface area contributed by atoms with Crippen molar-refractivity contribution in [3.63, 3.8) is 0 Å². The van der Waals surface area contributed by atoms with Gasteiger partial charge in [-0.15, -0.1) is 0 Å². The van der Waals surface area contributed by atoms with Gasteiger partial charge in [0.1, 0.15) is 17.5 Å². The van der Waals surface area contributed by atoms with Gasteiger partial charge in [0.25, 0.3) is 5.56 Å². The van der Waals surface area contributed by atoms with Gasteiger partial charge < -0.3 is 0 Å². The van der Waals surface area contributed by atoms with Crippen molar-refractivity contribution in [1.29, 1.82) is 0 Å². The van der Waals surface area contributed by atoms with Crippen LogP contribution in [0.25, 0.3) is 16.6 Å². The topological polar surface area (TPSA) is 34.9 Å². The Morgan fingerprint density at radius 3 is 2.46 bits per heavy atom. The highest BCUT2D eigenvalue weighted by Crippen LogP contribution is 2.19. The Hall–Kier alpha value is -3.34. The Labute approximate surface area is 160 Å². The number of fused-ring (bicyclic) bond motifs is 1. The SMILES string of the molecule is Cc1ccccc1-n1c(CCc2ccccc2F)nc2ccc(F)cc2c1=O. The van der Waals surface area contributed by atoms with Crippen LogP contribution in [0.3, 0.4) is 0 Å². The van der Waals surface area contributed by atoms with Crippen LogP contribution in [0.2, 0.25) is 0 Å². The molecular formula is C23H18F2N2O. The van der Waals surface area contributed by atoms with Crippen LogP contribution >= 0.6 is 0 Å².